The standard InChI is InChI=1S/C33H46N8O4/c1-6-27(4)40(25-42)36-24-37(5)28-7-9-29(10-8-28)38-17-19-39(20-18-38)30-11-13-31(14-12-30)43-21-32-22-44-33(45-32,26(2)3)23-41-34-15-16-35-41/h7-16,24-27,32H,6,17-23H2,1-5H3/b36-24-. The second-order valence-corrected chi connectivity index (χ2v) is 12.0. The quantitative estimate of drug-likeness (QED) is 0.114. The van der Waals surface area contributed by atoms with Gasteiger partial charge in [0.25, 0.3) is 0 Å². The number of benzene rings is 2. The summed E-state index contributed by atoms with van der Waals surface area (Å²) in [4.78, 5) is 19.7. The lowest BCUT2D eigenvalue weighted by Crippen LogP contribution is -2.46. The Hall–Kier alpha value is -4.16. The van der Waals surface area contributed by atoms with Gasteiger partial charge in [-0.3, -0.25) is 4.79 Å². The molecule has 2 fully saturated rings. The van der Waals surface area contributed by atoms with E-state index >= 15 is 0 Å². The molecule has 0 aliphatic carbocycles. The van der Waals surface area contributed by atoms with E-state index in [1.807, 2.05) is 37.9 Å². The second kappa shape index (κ2) is 14.7. The van der Waals surface area contributed by atoms with E-state index < -0.39 is 5.79 Å². The van der Waals surface area contributed by atoms with Crippen LogP contribution in [0.15, 0.2) is 66.0 Å². The third-order valence-corrected chi connectivity index (χ3v) is 8.64. The average Bonchev–Trinajstić information content (AvgIpc) is 3.75. The molecule has 0 bridgehead atoms. The number of anilines is 3. The van der Waals surface area contributed by atoms with E-state index in [-0.39, 0.29) is 18.1 Å². The van der Waals surface area contributed by atoms with Gasteiger partial charge in [-0.05, 0) is 61.9 Å². The first-order valence-electron chi connectivity index (χ1n) is 15.8. The first-order chi connectivity index (χ1) is 21.8. The predicted octanol–water partition coefficient (Wildman–Crippen LogP) is 4.09. The molecule has 242 valence electrons. The van der Waals surface area contributed by atoms with Crippen molar-refractivity contribution in [2.45, 2.75) is 58.6 Å². The predicted molar refractivity (Wildman–Crippen MR) is 176 cm³/mol. The van der Waals surface area contributed by atoms with E-state index in [1.54, 1.807) is 23.5 Å². The summed E-state index contributed by atoms with van der Waals surface area (Å²) in [7, 11) is 1.93. The fourth-order valence-electron chi connectivity index (χ4n) is 5.46. The molecule has 12 nitrogen and oxygen atoms in total. The van der Waals surface area contributed by atoms with Crippen molar-refractivity contribution in [3.8, 4) is 5.75 Å². The molecule has 45 heavy (non-hydrogen) atoms. The molecule has 1 aromatic heterocycles. The van der Waals surface area contributed by atoms with Gasteiger partial charge in [-0.1, -0.05) is 20.8 Å². The topological polar surface area (TPSA) is 101 Å². The van der Waals surface area contributed by atoms with E-state index in [0.29, 0.717) is 19.8 Å². The minimum absolute atomic E-state index is 0.0651. The van der Waals surface area contributed by atoms with Crippen LogP contribution in [-0.2, 0) is 20.8 Å². The van der Waals surface area contributed by atoms with Crippen LogP contribution in [-0.4, -0.2) is 97.1 Å². The maximum atomic E-state index is 11.3. The Kier molecular flexibility index (Phi) is 10.6. The SMILES string of the molecule is CCC(C)N(C=O)/N=C\N(C)c1ccc(N2CCN(c3ccc(OCC4COC(Cn5nccn5)(C(C)C)O4)cc3)CC2)cc1. The summed E-state index contributed by atoms with van der Waals surface area (Å²) in [6.07, 6.45) is 6.45. The van der Waals surface area contributed by atoms with Crippen LogP contribution in [0.3, 0.4) is 0 Å². The van der Waals surface area contributed by atoms with Crippen LogP contribution in [0.1, 0.15) is 34.1 Å². The van der Waals surface area contributed by atoms with Gasteiger partial charge in [0, 0.05) is 56.2 Å². The number of hydrogen-bond acceptors (Lipinski definition) is 9. The number of hydrogen-bond donors (Lipinski definition) is 0. The zero-order valence-electron chi connectivity index (χ0n) is 27.0. The van der Waals surface area contributed by atoms with Crippen molar-refractivity contribution in [1.29, 1.82) is 0 Å². The van der Waals surface area contributed by atoms with Crippen LogP contribution in [0, 0.1) is 5.92 Å². The molecule has 3 atom stereocenters. The number of rotatable bonds is 14. The highest BCUT2D eigenvalue weighted by molar-refractivity contribution is 5.79. The zero-order chi connectivity index (χ0) is 31.8. The molecule has 3 aromatic rings. The van der Waals surface area contributed by atoms with Crippen LogP contribution in [0.25, 0.3) is 0 Å². The fourth-order valence-corrected chi connectivity index (χ4v) is 5.46. The van der Waals surface area contributed by atoms with Gasteiger partial charge in [0.1, 0.15) is 31.3 Å². The van der Waals surface area contributed by atoms with Crippen molar-refractivity contribution in [3.63, 3.8) is 0 Å². The van der Waals surface area contributed by atoms with Crippen LogP contribution in [0.4, 0.5) is 17.1 Å². The minimum Gasteiger partial charge on any atom is -0.491 e. The number of aromatic nitrogens is 3. The van der Waals surface area contributed by atoms with Crippen molar-refractivity contribution in [3.05, 3.63) is 60.9 Å². The van der Waals surface area contributed by atoms with Crippen LogP contribution >= 0.6 is 0 Å². The molecule has 2 aliphatic rings. The van der Waals surface area contributed by atoms with Crippen molar-refractivity contribution < 1.29 is 19.0 Å². The Morgan fingerprint density at radius 3 is 2.16 bits per heavy atom. The van der Waals surface area contributed by atoms with E-state index in [4.69, 9.17) is 14.2 Å². The summed E-state index contributed by atoms with van der Waals surface area (Å²) in [6, 6.07) is 16.8. The maximum absolute atomic E-state index is 11.3. The highest BCUT2D eigenvalue weighted by Gasteiger charge is 2.45. The van der Waals surface area contributed by atoms with Crippen molar-refractivity contribution in [2.75, 3.05) is 61.1 Å². The highest BCUT2D eigenvalue weighted by atomic mass is 16.8. The summed E-state index contributed by atoms with van der Waals surface area (Å²) in [5, 5.41) is 14.2. The Labute approximate surface area is 266 Å². The van der Waals surface area contributed by atoms with Crippen molar-refractivity contribution in [1.82, 2.24) is 20.0 Å². The van der Waals surface area contributed by atoms with Gasteiger partial charge < -0.3 is 28.9 Å². The minimum atomic E-state index is -0.764. The molecular formula is C33H46N8O4. The average molecular weight is 619 g/mol. The number of ether oxygens (including phenoxy) is 3. The molecule has 3 heterocycles. The van der Waals surface area contributed by atoms with Crippen LogP contribution in [0.5, 0.6) is 5.75 Å². The molecule has 0 spiro atoms. The Balaban J connectivity index is 1.07. The first kappa shape index (κ1) is 32.2. The summed E-state index contributed by atoms with van der Waals surface area (Å²) in [5.41, 5.74) is 3.39. The Bertz CT molecular complexity index is 1360. The highest BCUT2D eigenvalue weighted by Crippen LogP contribution is 2.33. The smallest absolute Gasteiger partial charge is 0.230 e. The third kappa shape index (κ3) is 7.93. The molecule has 0 saturated carbocycles. The molecular weight excluding hydrogens is 572 g/mol. The molecule has 0 radical (unpaired) electrons. The first-order valence-corrected chi connectivity index (χ1v) is 15.8. The lowest BCUT2D eigenvalue weighted by molar-refractivity contribution is -0.211. The summed E-state index contributed by atoms with van der Waals surface area (Å²) in [5.74, 6) is 0.181. The molecule has 3 unspecified atom stereocenters. The lowest BCUT2D eigenvalue weighted by atomic mass is 10.0. The molecule has 12 heteroatoms. The number of piperazine rings is 1. The van der Waals surface area contributed by atoms with Crippen LogP contribution < -0.4 is 19.4 Å². The van der Waals surface area contributed by atoms with Gasteiger partial charge in [0.15, 0.2) is 5.79 Å². The summed E-state index contributed by atoms with van der Waals surface area (Å²) >= 11 is 0. The lowest BCUT2D eigenvalue weighted by Gasteiger charge is -2.37. The number of amides is 1. The van der Waals surface area contributed by atoms with Crippen molar-refractivity contribution >= 4 is 29.8 Å². The molecule has 1 amide bonds. The monoisotopic (exact) mass is 618 g/mol. The largest absolute Gasteiger partial charge is 0.491 e. The normalized spacial score (nSPS) is 21.0. The van der Waals surface area contributed by atoms with E-state index in [0.717, 1.165) is 50.4 Å². The summed E-state index contributed by atoms with van der Waals surface area (Å²) < 4.78 is 18.6. The van der Waals surface area contributed by atoms with Crippen LogP contribution in [0.2, 0.25) is 0 Å². The van der Waals surface area contributed by atoms with Crippen molar-refractivity contribution in [2.24, 2.45) is 11.0 Å². The van der Waals surface area contributed by atoms with Gasteiger partial charge in [-0.15, -0.1) is 0 Å². The summed E-state index contributed by atoms with van der Waals surface area (Å²) in [6.45, 7) is 13.2. The third-order valence-electron chi connectivity index (χ3n) is 8.64. The van der Waals surface area contributed by atoms with Gasteiger partial charge in [-0.2, -0.15) is 20.1 Å². The molecule has 0 N–H and O–H groups in total. The number of nitrogens with zero attached hydrogens (tertiary/aromatic N) is 8. The van der Waals surface area contributed by atoms with Gasteiger partial charge in [0.05, 0.1) is 25.0 Å². The Morgan fingerprint density at radius 1 is 1.00 bits per heavy atom. The number of carbonyl (C=O) groups excluding carboxylic acids is 1. The Morgan fingerprint density at radius 2 is 1.60 bits per heavy atom. The van der Waals surface area contributed by atoms with E-state index in [9.17, 15) is 4.79 Å². The number of carbonyl (C=O) groups is 1. The molecule has 2 aromatic carbocycles. The number of hydrazone groups is 1. The molecule has 2 aliphatic heterocycles. The van der Waals surface area contributed by atoms with Gasteiger partial charge >= 0.3 is 0 Å². The maximum Gasteiger partial charge on any atom is 0.230 e. The van der Waals surface area contributed by atoms with Gasteiger partial charge in [-0.25, -0.2) is 5.01 Å². The van der Waals surface area contributed by atoms with E-state index in [2.05, 4.69) is 75.3 Å². The zero-order valence-corrected chi connectivity index (χ0v) is 27.0. The van der Waals surface area contributed by atoms with E-state index in [1.165, 1.54) is 16.4 Å². The fraction of sp³-hybridized carbons (Fsp3) is 0.515. The molecule has 5 rings (SSSR count). The molecule has 2 saturated heterocycles. The second-order valence-electron chi connectivity index (χ2n) is 12.0. The van der Waals surface area contributed by atoms with Gasteiger partial charge in [0.2, 0.25) is 6.41 Å².